The van der Waals surface area contributed by atoms with Crippen molar-refractivity contribution in [2.75, 3.05) is 25.2 Å². The Kier molecular flexibility index (Phi) is 7.09. The average molecular weight is 514 g/mol. The van der Waals surface area contributed by atoms with E-state index in [2.05, 4.69) is 6.92 Å². The molecule has 5 rings (SSSR count). The molecule has 3 aromatic rings. The molecule has 1 N–H and O–H groups in total. The van der Waals surface area contributed by atoms with Gasteiger partial charge in [0.1, 0.15) is 11.5 Å². The number of ketones is 1. The predicted octanol–water partition coefficient (Wildman–Crippen LogP) is 5.61. The molecule has 2 heterocycles. The van der Waals surface area contributed by atoms with Gasteiger partial charge in [0.25, 0.3) is 11.7 Å². The number of ether oxygens (including phenoxy) is 3. The third kappa shape index (κ3) is 4.49. The molecular formula is C31H31NO6. The number of aliphatic hydroxyl groups is 1. The molecule has 38 heavy (non-hydrogen) atoms. The summed E-state index contributed by atoms with van der Waals surface area (Å²) < 4.78 is 16.9. The Morgan fingerprint density at radius 2 is 1.82 bits per heavy atom. The van der Waals surface area contributed by atoms with Gasteiger partial charge in [-0.25, -0.2) is 0 Å². The summed E-state index contributed by atoms with van der Waals surface area (Å²) in [5.74, 6) is 0.145. The molecule has 1 saturated heterocycles. The minimum absolute atomic E-state index is 0.0267. The van der Waals surface area contributed by atoms with Gasteiger partial charge < -0.3 is 19.3 Å². The van der Waals surface area contributed by atoms with Gasteiger partial charge in [0, 0.05) is 11.3 Å². The van der Waals surface area contributed by atoms with E-state index in [1.807, 2.05) is 37.3 Å². The van der Waals surface area contributed by atoms with Crippen molar-refractivity contribution in [3.05, 3.63) is 88.5 Å². The lowest BCUT2D eigenvalue weighted by molar-refractivity contribution is -0.132. The number of methoxy groups -OCH3 is 1. The summed E-state index contributed by atoms with van der Waals surface area (Å²) in [6, 6.07) is 17.3. The van der Waals surface area contributed by atoms with E-state index in [0.29, 0.717) is 41.5 Å². The molecule has 1 amide bonds. The van der Waals surface area contributed by atoms with Crippen LogP contribution in [-0.4, -0.2) is 37.1 Å². The zero-order chi connectivity index (χ0) is 26.8. The van der Waals surface area contributed by atoms with E-state index >= 15 is 0 Å². The number of fused-ring (bicyclic) bond motifs is 1. The quantitative estimate of drug-likeness (QED) is 0.251. The molecule has 0 aliphatic carbocycles. The van der Waals surface area contributed by atoms with Crippen LogP contribution in [0.3, 0.4) is 0 Å². The first-order chi connectivity index (χ1) is 18.5. The number of Topliss-reactive ketones (excluding diaryl/α,β-unsaturated/α-hetero) is 1. The van der Waals surface area contributed by atoms with Gasteiger partial charge in [0.05, 0.1) is 31.9 Å². The molecule has 3 aromatic carbocycles. The monoisotopic (exact) mass is 513 g/mol. The highest BCUT2D eigenvalue weighted by Crippen LogP contribution is 2.44. The van der Waals surface area contributed by atoms with Crippen LogP contribution in [0.2, 0.25) is 0 Å². The Morgan fingerprint density at radius 1 is 1.03 bits per heavy atom. The molecule has 7 heteroatoms. The molecule has 1 fully saturated rings. The summed E-state index contributed by atoms with van der Waals surface area (Å²) in [4.78, 5) is 28.5. The lowest BCUT2D eigenvalue weighted by Crippen LogP contribution is -2.29. The molecule has 7 nitrogen and oxygen atoms in total. The second-order valence-electron chi connectivity index (χ2n) is 9.31. The number of hydrogen-bond donors (Lipinski definition) is 1. The van der Waals surface area contributed by atoms with Gasteiger partial charge in [-0.05, 0) is 85.3 Å². The maximum atomic E-state index is 13.5. The third-order valence-corrected chi connectivity index (χ3v) is 7.05. The van der Waals surface area contributed by atoms with Gasteiger partial charge in [-0.1, -0.05) is 25.1 Å². The summed E-state index contributed by atoms with van der Waals surface area (Å²) in [6.07, 6.45) is 2.54. The van der Waals surface area contributed by atoms with Gasteiger partial charge in [0.2, 0.25) is 0 Å². The van der Waals surface area contributed by atoms with E-state index in [1.54, 1.807) is 37.4 Å². The van der Waals surface area contributed by atoms with Gasteiger partial charge in [-0.3, -0.25) is 14.5 Å². The summed E-state index contributed by atoms with van der Waals surface area (Å²) in [5.41, 5.74) is 3.76. The van der Waals surface area contributed by atoms with Gasteiger partial charge in [-0.2, -0.15) is 0 Å². The van der Waals surface area contributed by atoms with Crippen molar-refractivity contribution in [1.82, 2.24) is 0 Å². The number of anilines is 1. The van der Waals surface area contributed by atoms with E-state index < -0.39 is 17.7 Å². The number of aryl methyl sites for hydroxylation is 2. The molecular weight excluding hydrogens is 482 g/mol. The van der Waals surface area contributed by atoms with Crippen molar-refractivity contribution in [2.24, 2.45) is 0 Å². The number of benzene rings is 3. The normalized spacial score (nSPS) is 18.2. The van der Waals surface area contributed by atoms with Crippen molar-refractivity contribution < 1.29 is 28.9 Å². The summed E-state index contributed by atoms with van der Waals surface area (Å²) in [6.45, 7) is 4.99. The van der Waals surface area contributed by atoms with E-state index in [4.69, 9.17) is 14.2 Å². The van der Waals surface area contributed by atoms with Crippen LogP contribution >= 0.6 is 0 Å². The molecule has 0 aromatic heterocycles. The first-order valence-electron chi connectivity index (χ1n) is 12.9. The highest BCUT2D eigenvalue weighted by Gasteiger charge is 2.47. The van der Waals surface area contributed by atoms with E-state index in [-0.39, 0.29) is 11.3 Å². The number of carbonyl (C=O) groups is 2. The Balaban J connectivity index is 1.69. The molecule has 2 aliphatic rings. The fourth-order valence-electron chi connectivity index (χ4n) is 5.10. The fraction of sp³-hybridized carbons (Fsp3) is 0.290. The largest absolute Gasteiger partial charge is 0.507 e. The van der Waals surface area contributed by atoms with Gasteiger partial charge in [0.15, 0.2) is 11.5 Å². The maximum absolute atomic E-state index is 13.5. The van der Waals surface area contributed by atoms with Crippen molar-refractivity contribution in [2.45, 2.75) is 39.2 Å². The van der Waals surface area contributed by atoms with Crippen molar-refractivity contribution in [3.63, 3.8) is 0 Å². The zero-order valence-corrected chi connectivity index (χ0v) is 21.8. The number of nitrogens with zero attached hydrogens (tertiary/aromatic N) is 1. The second-order valence-corrected chi connectivity index (χ2v) is 9.31. The number of hydrogen-bond acceptors (Lipinski definition) is 6. The van der Waals surface area contributed by atoms with Crippen LogP contribution in [0.25, 0.3) is 5.76 Å². The number of carbonyl (C=O) groups excluding carboxylic acids is 2. The summed E-state index contributed by atoms with van der Waals surface area (Å²) in [7, 11) is 1.55. The first-order valence-corrected chi connectivity index (χ1v) is 12.9. The molecule has 0 saturated carbocycles. The standard InChI is InChI=1S/C31H31NO6/c1-4-19-8-12-23(13-9-19)32-28(21-10-15-25(36-3)26(18-21)37-5-2)27(30(34)31(32)35)29(33)22-11-14-24-20(17-22)7-6-16-38-24/h8-15,17-18,28,33H,4-7,16H2,1-3H3/b29-27+. The lowest BCUT2D eigenvalue weighted by atomic mass is 9.93. The number of rotatable bonds is 7. The van der Waals surface area contributed by atoms with Crippen LogP contribution in [0.5, 0.6) is 17.2 Å². The number of amides is 1. The van der Waals surface area contributed by atoms with Crippen molar-refractivity contribution in [1.29, 1.82) is 0 Å². The van der Waals surface area contributed by atoms with Crippen LogP contribution in [0.15, 0.2) is 66.2 Å². The van der Waals surface area contributed by atoms with Crippen LogP contribution in [0.1, 0.15) is 48.6 Å². The maximum Gasteiger partial charge on any atom is 0.300 e. The van der Waals surface area contributed by atoms with Crippen LogP contribution in [0.4, 0.5) is 5.69 Å². The topological polar surface area (TPSA) is 85.3 Å². The number of aliphatic hydroxyl groups excluding tert-OH is 1. The Morgan fingerprint density at radius 3 is 2.53 bits per heavy atom. The minimum atomic E-state index is -0.861. The minimum Gasteiger partial charge on any atom is -0.507 e. The first kappa shape index (κ1) is 25.4. The lowest BCUT2D eigenvalue weighted by Gasteiger charge is -2.26. The molecule has 0 radical (unpaired) electrons. The van der Waals surface area contributed by atoms with Crippen molar-refractivity contribution in [3.8, 4) is 17.2 Å². The molecule has 1 atom stereocenters. The SMILES string of the molecule is CCOc1cc(C2/C(=C(\O)c3ccc4c(c3)CCCO4)C(=O)C(=O)N2c2ccc(CC)cc2)ccc1OC. The molecule has 1 unspecified atom stereocenters. The van der Waals surface area contributed by atoms with E-state index in [1.165, 1.54) is 4.90 Å². The van der Waals surface area contributed by atoms with Crippen molar-refractivity contribution >= 4 is 23.1 Å². The van der Waals surface area contributed by atoms with Gasteiger partial charge in [-0.15, -0.1) is 0 Å². The summed E-state index contributed by atoms with van der Waals surface area (Å²) in [5, 5.41) is 11.5. The van der Waals surface area contributed by atoms with Crippen LogP contribution in [-0.2, 0) is 22.4 Å². The highest BCUT2D eigenvalue weighted by molar-refractivity contribution is 6.51. The Hall–Kier alpha value is -4.26. The summed E-state index contributed by atoms with van der Waals surface area (Å²) >= 11 is 0. The molecule has 0 spiro atoms. The Bertz CT molecular complexity index is 1410. The van der Waals surface area contributed by atoms with E-state index in [9.17, 15) is 14.7 Å². The smallest absolute Gasteiger partial charge is 0.300 e. The second kappa shape index (κ2) is 10.6. The van der Waals surface area contributed by atoms with Crippen LogP contribution < -0.4 is 19.1 Å². The molecule has 2 aliphatic heterocycles. The highest BCUT2D eigenvalue weighted by atomic mass is 16.5. The molecule has 0 bridgehead atoms. The molecule has 196 valence electrons. The van der Waals surface area contributed by atoms with Gasteiger partial charge >= 0.3 is 0 Å². The fourth-order valence-corrected chi connectivity index (χ4v) is 5.10. The zero-order valence-electron chi connectivity index (χ0n) is 21.8. The van der Waals surface area contributed by atoms with E-state index in [0.717, 1.165) is 36.1 Å². The van der Waals surface area contributed by atoms with Crippen LogP contribution in [0, 0.1) is 0 Å². The average Bonchev–Trinajstić information content (AvgIpc) is 3.22. The Labute approximate surface area is 222 Å². The predicted molar refractivity (Wildman–Crippen MR) is 145 cm³/mol. The third-order valence-electron chi connectivity index (χ3n) is 7.05.